The molecule has 0 aromatic carbocycles. The number of anilines is 1. The molecule has 106 valence electrons. The third-order valence-electron chi connectivity index (χ3n) is 3.56. The van der Waals surface area contributed by atoms with Crippen LogP contribution in [0.4, 0.5) is 5.95 Å². The molecule has 1 aliphatic carbocycles. The fraction of sp³-hybridized carbons (Fsp3) is 0.714. The number of ether oxygens (including phenoxy) is 1. The molecule has 1 aliphatic rings. The van der Waals surface area contributed by atoms with E-state index in [4.69, 9.17) is 10.5 Å². The fourth-order valence-corrected chi connectivity index (χ4v) is 2.47. The molecule has 19 heavy (non-hydrogen) atoms. The first-order valence-corrected chi connectivity index (χ1v) is 7.15. The van der Waals surface area contributed by atoms with Crippen LogP contribution in [-0.4, -0.2) is 29.2 Å². The highest BCUT2D eigenvalue weighted by Gasteiger charge is 2.18. The molecule has 1 heterocycles. The van der Waals surface area contributed by atoms with Gasteiger partial charge in [-0.2, -0.15) is 4.98 Å². The minimum Gasteiger partial charge on any atom is -0.478 e. The molecular weight excluding hydrogens is 240 g/mol. The van der Waals surface area contributed by atoms with Crippen LogP contribution in [0.25, 0.3) is 0 Å². The van der Waals surface area contributed by atoms with E-state index < -0.39 is 0 Å². The summed E-state index contributed by atoms with van der Waals surface area (Å²) in [5.74, 6) is 1.99. The number of nitrogens with zero attached hydrogens (tertiary/aromatic N) is 2. The summed E-state index contributed by atoms with van der Waals surface area (Å²) in [6.07, 6.45) is 4.65. The summed E-state index contributed by atoms with van der Waals surface area (Å²) in [6.45, 7) is 5.45. The van der Waals surface area contributed by atoms with Crippen molar-refractivity contribution in [3.05, 3.63) is 11.8 Å². The molecule has 5 nitrogen and oxygen atoms in total. The summed E-state index contributed by atoms with van der Waals surface area (Å²) in [7, 11) is 0. The van der Waals surface area contributed by atoms with Gasteiger partial charge in [0.25, 0.3) is 0 Å². The van der Waals surface area contributed by atoms with Crippen molar-refractivity contribution in [1.29, 1.82) is 0 Å². The lowest BCUT2D eigenvalue weighted by Gasteiger charge is -2.26. The zero-order valence-corrected chi connectivity index (χ0v) is 11.9. The third kappa shape index (κ3) is 4.35. The first-order valence-electron chi connectivity index (χ1n) is 7.15. The van der Waals surface area contributed by atoms with Crippen LogP contribution >= 0.6 is 0 Å². The molecule has 1 fully saturated rings. The molecule has 0 saturated heterocycles. The lowest BCUT2D eigenvalue weighted by molar-refractivity contribution is 0.325. The van der Waals surface area contributed by atoms with Crippen LogP contribution in [0.15, 0.2) is 6.07 Å². The summed E-state index contributed by atoms with van der Waals surface area (Å²) in [4.78, 5) is 8.74. The van der Waals surface area contributed by atoms with Crippen molar-refractivity contribution in [1.82, 2.24) is 9.97 Å². The van der Waals surface area contributed by atoms with E-state index >= 15 is 0 Å². The molecule has 0 amide bonds. The Morgan fingerprint density at radius 2 is 2.05 bits per heavy atom. The van der Waals surface area contributed by atoms with E-state index in [1.807, 2.05) is 19.9 Å². The van der Waals surface area contributed by atoms with Crippen molar-refractivity contribution in [2.75, 3.05) is 18.5 Å². The number of hydrogen-bond acceptors (Lipinski definition) is 5. The van der Waals surface area contributed by atoms with Gasteiger partial charge in [-0.15, -0.1) is 0 Å². The van der Waals surface area contributed by atoms with Crippen molar-refractivity contribution in [3.8, 4) is 5.88 Å². The van der Waals surface area contributed by atoms with E-state index in [2.05, 4.69) is 15.3 Å². The van der Waals surface area contributed by atoms with Crippen LogP contribution in [0.5, 0.6) is 5.88 Å². The maximum absolute atomic E-state index is 5.92. The lowest BCUT2D eigenvalue weighted by Crippen LogP contribution is -2.29. The Bertz CT molecular complexity index is 402. The SMILES string of the molecule is CCOc1cc(C)nc(NCC2CCC(N)CC2)n1. The standard InChI is InChI=1S/C14H24N4O/c1-3-19-13-8-10(2)17-14(18-13)16-9-11-4-6-12(15)7-5-11/h8,11-12H,3-7,9,15H2,1-2H3,(H,16,17,18). The highest BCUT2D eigenvalue weighted by molar-refractivity contribution is 5.30. The van der Waals surface area contributed by atoms with Crippen molar-refractivity contribution in [3.63, 3.8) is 0 Å². The van der Waals surface area contributed by atoms with Gasteiger partial charge in [0.05, 0.1) is 6.61 Å². The Hall–Kier alpha value is -1.36. The average molecular weight is 264 g/mol. The number of rotatable bonds is 5. The monoisotopic (exact) mass is 264 g/mol. The Labute approximate surface area is 115 Å². The van der Waals surface area contributed by atoms with Gasteiger partial charge in [0.15, 0.2) is 0 Å². The van der Waals surface area contributed by atoms with Crippen molar-refractivity contribution >= 4 is 5.95 Å². The molecule has 2 rings (SSSR count). The normalized spacial score (nSPS) is 23.1. The van der Waals surface area contributed by atoms with Gasteiger partial charge >= 0.3 is 0 Å². The van der Waals surface area contributed by atoms with Gasteiger partial charge in [0, 0.05) is 24.3 Å². The number of hydrogen-bond donors (Lipinski definition) is 2. The second kappa shape index (κ2) is 6.70. The van der Waals surface area contributed by atoms with Gasteiger partial charge in [0.2, 0.25) is 11.8 Å². The second-order valence-electron chi connectivity index (χ2n) is 5.27. The Balaban J connectivity index is 1.88. The molecule has 0 radical (unpaired) electrons. The smallest absolute Gasteiger partial charge is 0.226 e. The summed E-state index contributed by atoms with van der Waals surface area (Å²) < 4.78 is 5.43. The van der Waals surface area contributed by atoms with Gasteiger partial charge in [-0.3, -0.25) is 0 Å². The largest absolute Gasteiger partial charge is 0.478 e. The van der Waals surface area contributed by atoms with Gasteiger partial charge in [-0.05, 0) is 45.4 Å². The van der Waals surface area contributed by atoms with Crippen LogP contribution < -0.4 is 15.8 Å². The Kier molecular flexibility index (Phi) is 4.96. The first-order chi connectivity index (χ1) is 9.17. The van der Waals surface area contributed by atoms with Crippen molar-refractivity contribution in [2.45, 2.75) is 45.6 Å². The van der Waals surface area contributed by atoms with E-state index in [9.17, 15) is 0 Å². The molecular formula is C14H24N4O. The van der Waals surface area contributed by atoms with Gasteiger partial charge in [-0.25, -0.2) is 4.98 Å². The van der Waals surface area contributed by atoms with E-state index in [1.165, 1.54) is 12.8 Å². The minimum atomic E-state index is 0.399. The topological polar surface area (TPSA) is 73.1 Å². The quantitative estimate of drug-likeness (QED) is 0.852. The fourth-order valence-electron chi connectivity index (χ4n) is 2.47. The van der Waals surface area contributed by atoms with Crippen LogP contribution in [0.2, 0.25) is 0 Å². The molecule has 1 saturated carbocycles. The van der Waals surface area contributed by atoms with Gasteiger partial charge in [0.1, 0.15) is 0 Å². The second-order valence-corrected chi connectivity index (χ2v) is 5.27. The third-order valence-corrected chi connectivity index (χ3v) is 3.56. The van der Waals surface area contributed by atoms with Gasteiger partial charge < -0.3 is 15.8 Å². The molecule has 0 unspecified atom stereocenters. The molecule has 0 atom stereocenters. The number of aryl methyl sites for hydroxylation is 1. The number of nitrogens with one attached hydrogen (secondary N) is 1. The minimum absolute atomic E-state index is 0.399. The van der Waals surface area contributed by atoms with E-state index in [0.29, 0.717) is 30.4 Å². The first kappa shape index (κ1) is 14.1. The van der Waals surface area contributed by atoms with Crippen LogP contribution in [0, 0.1) is 12.8 Å². The zero-order chi connectivity index (χ0) is 13.7. The summed E-state index contributed by atoms with van der Waals surface area (Å²) in [5, 5.41) is 3.33. The molecule has 0 aliphatic heterocycles. The number of nitrogens with two attached hydrogens (primary N) is 1. The molecule has 1 aromatic heterocycles. The van der Waals surface area contributed by atoms with Gasteiger partial charge in [-0.1, -0.05) is 0 Å². The molecule has 0 bridgehead atoms. The van der Waals surface area contributed by atoms with Crippen molar-refractivity contribution in [2.24, 2.45) is 11.7 Å². The van der Waals surface area contributed by atoms with E-state index in [1.54, 1.807) is 0 Å². The van der Waals surface area contributed by atoms with E-state index in [-0.39, 0.29) is 0 Å². The molecule has 5 heteroatoms. The maximum atomic E-state index is 5.92. The lowest BCUT2D eigenvalue weighted by atomic mass is 9.86. The average Bonchev–Trinajstić information content (AvgIpc) is 2.38. The zero-order valence-electron chi connectivity index (χ0n) is 11.9. The Morgan fingerprint density at radius 3 is 2.74 bits per heavy atom. The molecule has 1 aromatic rings. The molecule has 3 N–H and O–H groups in total. The summed E-state index contributed by atoms with van der Waals surface area (Å²) in [6, 6.07) is 2.25. The summed E-state index contributed by atoms with van der Waals surface area (Å²) >= 11 is 0. The highest BCUT2D eigenvalue weighted by Crippen LogP contribution is 2.23. The predicted octanol–water partition coefficient (Wildman–Crippen LogP) is 2.11. The van der Waals surface area contributed by atoms with Crippen LogP contribution in [0.1, 0.15) is 38.3 Å². The van der Waals surface area contributed by atoms with Crippen LogP contribution in [-0.2, 0) is 0 Å². The summed E-state index contributed by atoms with van der Waals surface area (Å²) in [5.41, 5.74) is 6.84. The number of aromatic nitrogens is 2. The maximum Gasteiger partial charge on any atom is 0.226 e. The predicted molar refractivity (Wildman–Crippen MR) is 76.4 cm³/mol. The molecule has 0 spiro atoms. The van der Waals surface area contributed by atoms with Crippen LogP contribution in [0.3, 0.4) is 0 Å². The van der Waals surface area contributed by atoms with E-state index in [0.717, 1.165) is 25.1 Å². The Morgan fingerprint density at radius 1 is 1.32 bits per heavy atom. The van der Waals surface area contributed by atoms with Crippen molar-refractivity contribution < 1.29 is 4.74 Å². The highest BCUT2D eigenvalue weighted by atomic mass is 16.5.